The van der Waals surface area contributed by atoms with Gasteiger partial charge in [0.25, 0.3) is 10.1 Å². The fourth-order valence-electron chi connectivity index (χ4n) is 3.34. The molecule has 25 heavy (non-hydrogen) atoms. The van der Waals surface area contributed by atoms with Gasteiger partial charge in [0.15, 0.2) is 18.2 Å². The Labute approximate surface area is 145 Å². The van der Waals surface area contributed by atoms with Crippen molar-refractivity contribution in [2.45, 2.75) is 61.8 Å². The molecule has 138 valence electrons. The van der Waals surface area contributed by atoms with Gasteiger partial charge < -0.3 is 24.1 Å². The Hall–Kier alpha value is -1.07. The first kappa shape index (κ1) is 17.3. The van der Waals surface area contributed by atoms with Gasteiger partial charge in [0, 0.05) is 0 Å². The minimum absolute atomic E-state index is 0.0281. The molecular formula is C16H20O8S. The number of hydrogen-bond acceptors (Lipinski definition) is 8. The molecule has 3 aliphatic rings. The highest BCUT2D eigenvalue weighted by Crippen LogP contribution is 2.48. The Bertz CT molecular complexity index is 774. The zero-order valence-electron chi connectivity index (χ0n) is 14.0. The van der Waals surface area contributed by atoms with Crippen molar-refractivity contribution in [3.63, 3.8) is 0 Å². The van der Waals surface area contributed by atoms with E-state index in [2.05, 4.69) is 0 Å². The number of rotatable bonds is 3. The molecule has 1 N–H and O–H groups in total. The zero-order chi connectivity index (χ0) is 18.0. The van der Waals surface area contributed by atoms with Crippen LogP contribution in [0.5, 0.6) is 0 Å². The molecule has 0 radical (unpaired) electrons. The number of fused-ring (bicyclic) bond motifs is 3. The highest BCUT2D eigenvalue weighted by molar-refractivity contribution is 7.86. The number of aliphatic hydroxyl groups is 1. The van der Waals surface area contributed by atoms with Gasteiger partial charge in [-0.1, -0.05) is 17.7 Å². The zero-order valence-corrected chi connectivity index (χ0v) is 14.9. The lowest BCUT2D eigenvalue weighted by Gasteiger charge is -2.28. The van der Waals surface area contributed by atoms with Crippen molar-refractivity contribution in [1.82, 2.24) is 0 Å². The van der Waals surface area contributed by atoms with Gasteiger partial charge in [0.1, 0.15) is 12.2 Å². The van der Waals surface area contributed by atoms with Gasteiger partial charge >= 0.3 is 0 Å². The first-order valence-corrected chi connectivity index (χ1v) is 9.39. The van der Waals surface area contributed by atoms with Gasteiger partial charge in [0.2, 0.25) is 5.79 Å². The highest BCUT2D eigenvalue weighted by Gasteiger charge is 2.69. The lowest BCUT2D eigenvalue weighted by Crippen LogP contribution is -2.49. The molecule has 1 aromatic rings. The predicted octanol–water partition coefficient (Wildman–Crippen LogP) is 0.664. The van der Waals surface area contributed by atoms with Gasteiger partial charge in [-0.15, -0.1) is 0 Å². The second-order valence-corrected chi connectivity index (χ2v) is 8.52. The molecule has 3 saturated heterocycles. The van der Waals surface area contributed by atoms with Gasteiger partial charge in [0.05, 0.1) is 11.5 Å². The van der Waals surface area contributed by atoms with Crippen LogP contribution in [0.15, 0.2) is 29.2 Å². The largest absolute Gasteiger partial charge is 0.361 e. The average molecular weight is 372 g/mol. The number of aryl methyl sites for hydroxylation is 1. The molecule has 0 bridgehead atoms. The molecule has 0 aliphatic carbocycles. The van der Waals surface area contributed by atoms with Crippen LogP contribution in [0.2, 0.25) is 0 Å². The van der Waals surface area contributed by atoms with Crippen LogP contribution in [-0.2, 0) is 33.2 Å². The topological polar surface area (TPSA) is 101 Å². The first-order chi connectivity index (χ1) is 11.6. The molecule has 0 spiro atoms. The standard InChI is InChI=1S/C16H20O8S/c1-9-4-6-10(7-5-9)25(18,19)24-11-8-20-16(17)12(11)21-14-13(16)22-15(2,3)23-14/h4-7,11-14,17H,8H2,1-3H3/t11-,12-,13+,14-,16+/m1/s1. The Morgan fingerprint density at radius 3 is 2.52 bits per heavy atom. The number of benzene rings is 1. The highest BCUT2D eigenvalue weighted by atomic mass is 32.2. The lowest BCUT2D eigenvalue weighted by molar-refractivity contribution is -0.273. The van der Waals surface area contributed by atoms with Crippen LogP contribution < -0.4 is 0 Å². The molecule has 0 unspecified atom stereocenters. The molecule has 3 aliphatic heterocycles. The van der Waals surface area contributed by atoms with E-state index in [0.717, 1.165) is 5.56 Å². The van der Waals surface area contributed by atoms with Crippen LogP contribution in [0.25, 0.3) is 0 Å². The van der Waals surface area contributed by atoms with Crippen molar-refractivity contribution in [2.24, 2.45) is 0 Å². The van der Waals surface area contributed by atoms with Crippen LogP contribution >= 0.6 is 0 Å². The summed E-state index contributed by atoms with van der Waals surface area (Å²) in [6.45, 7) is 5.10. The number of ether oxygens (including phenoxy) is 4. The molecule has 3 heterocycles. The Morgan fingerprint density at radius 1 is 1.16 bits per heavy atom. The summed E-state index contributed by atoms with van der Waals surface area (Å²) in [5.41, 5.74) is 0.932. The van der Waals surface area contributed by atoms with Crippen LogP contribution in [0.3, 0.4) is 0 Å². The monoisotopic (exact) mass is 372 g/mol. The van der Waals surface area contributed by atoms with Crippen molar-refractivity contribution < 1.29 is 36.7 Å². The predicted molar refractivity (Wildman–Crippen MR) is 82.8 cm³/mol. The van der Waals surface area contributed by atoms with Crippen LogP contribution in [0.1, 0.15) is 19.4 Å². The molecule has 3 fully saturated rings. The maximum Gasteiger partial charge on any atom is 0.297 e. The van der Waals surface area contributed by atoms with E-state index in [0.29, 0.717) is 0 Å². The minimum atomic E-state index is -4.03. The molecule has 0 saturated carbocycles. The summed E-state index contributed by atoms with van der Waals surface area (Å²) in [6.07, 6.45) is -3.75. The second kappa shape index (κ2) is 5.46. The first-order valence-electron chi connectivity index (χ1n) is 7.98. The Kier molecular flexibility index (Phi) is 3.79. The average Bonchev–Trinajstić information content (AvgIpc) is 3.07. The van der Waals surface area contributed by atoms with Crippen molar-refractivity contribution in [2.75, 3.05) is 6.61 Å². The summed E-state index contributed by atoms with van der Waals surface area (Å²) in [5, 5.41) is 10.8. The van der Waals surface area contributed by atoms with E-state index < -0.39 is 46.3 Å². The van der Waals surface area contributed by atoms with Gasteiger partial charge in [-0.2, -0.15) is 8.42 Å². The quantitative estimate of drug-likeness (QED) is 0.773. The maximum absolute atomic E-state index is 12.5. The van der Waals surface area contributed by atoms with E-state index in [9.17, 15) is 13.5 Å². The van der Waals surface area contributed by atoms with E-state index in [-0.39, 0.29) is 11.5 Å². The van der Waals surface area contributed by atoms with Crippen molar-refractivity contribution in [3.8, 4) is 0 Å². The summed E-state index contributed by atoms with van der Waals surface area (Å²) >= 11 is 0. The molecule has 5 atom stereocenters. The molecule has 4 rings (SSSR count). The van der Waals surface area contributed by atoms with Crippen molar-refractivity contribution in [1.29, 1.82) is 0 Å². The number of hydrogen-bond donors (Lipinski definition) is 1. The molecule has 0 aromatic heterocycles. The van der Waals surface area contributed by atoms with E-state index >= 15 is 0 Å². The Morgan fingerprint density at radius 2 is 1.84 bits per heavy atom. The molecule has 8 nitrogen and oxygen atoms in total. The molecule has 1 aromatic carbocycles. The Balaban J connectivity index is 1.53. The third-order valence-electron chi connectivity index (χ3n) is 4.53. The van der Waals surface area contributed by atoms with E-state index in [1.807, 2.05) is 6.92 Å². The third kappa shape index (κ3) is 2.80. The molecule has 9 heteroatoms. The molecular weight excluding hydrogens is 352 g/mol. The summed E-state index contributed by atoms with van der Waals surface area (Å²) in [6, 6.07) is 6.28. The fourth-order valence-corrected chi connectivity index (χ4v) is 4.40. The lowest BCUT2D eigenvalue weighted by atomic mass is 10.1. The summed E-state index contributed by atoms with van der Waals surface area (Å²) in [5.74, 6) is -2.74. The van der Waals surface area contributed by atoms with E-state index in [4.69, 9.17) is 23.1 Å². The summed E-state index contributed by atoms with van der Waals surface area (Å²) in [7, 11) is -4.03. The van der Waals surface area contributed by atoms with Crippen LogP contribution in [0, 0.1) is 6.92 Å². The van der Waals surface area contributed by atoms with E-state index in [1.54, 1.807) is 26.0 Å². The second-order valence-electron chi connectivity index (χ2n) is 6.95. The van der Waals surface area contributed by atoms with Crippen molar-refractivity contribution >= 4 is 10.1 Å². The maximum atomic E-state index is 12.5. The normalized spacial score (nSPS) is 39.4. The van der Waals surface area contributed by atoms with Crippen molar-refractivity contribution in [3.05, 3.63) is 29.8 Å². The van der Waals surface area contributed by atoms with Crippen LogP contribution in [0.4, 0.5) is 0 Å². The van der Waals surface area contributed by atoms with E-state index in [1.165, 1.54) is 12.1 Å². The van der Waals surface area contributed by atoms with Gasteiger partial charge in [-0.3, -0.25) is 4.18 Å². The minimum Gasteiger partial charge on any atom is -0.361 e. The van der Waals surface area contributed by atoms with Gasteiger partial charge in [-0.05, 0) is 32.9 Å². The smallest absolute Gasteiger partial charge is 0.297 e. The SMILES string of the molecule is Cc1ccc(S(=O)(=O)O[C@@H]2CO[C@@]3(O)[C@@H]2O[C@@H]2OC(C)(C)O[C@@H]23)cc1. The summed E-state index contributed by atoms with van der Waals surface area (Å²) in [4.78, 5) is 0.0281. The molecule has 0 amide bonds. The third-order valence-corrected chi connectivity index (χ3v) is 5.88. The fraction of sp³-hybridized carbons (Fsp3) is 0.625. The van der Waals surface area contributed by atoms with Gasteiger partial charge in [-0.25, -0.2) is 0 Å². The summed E-state index contributed by atoms with van der Waals surface area (Å²) < 4.78 is 52.5. The van der Waals surface area contributed by atoms with Crippen LogP contribution in [-0.4, -0.2) is 56.3 Å².